The molecule has 4 heterocycles. The lowest BCUT2D eigenvalue weighted by Crippen LogP contribution is -2.44. The smallest absolute Gasteiger partial charge is 0.329 e. The van der Waals surface area contributed by atoms with Crippen molar-refractivity contribution in [1.29, 1.82) is 0 Å². The highest BCUT2D eigenvalue weighted by Crippen LogP contribution is 2.40. The lowest BCUT2D eigenvalue weighted by molar-refractivity contribution is -0.135. The van der Waals surface area contributed by atoms with E-state index in [1.807, 2.05) is 30.5 Å². The molecule has 2 aromatic heterocycles. The number of nitrogens with zero attached hydrogens (tertiary/aromatic N) is 4. The van der Waals surface area contributed by atoms with Gasteiger partial charge in [-0.05, 0) is 90.3 Å². The molecule has 1 N–H and O–H groups in total. The van der Waals surface area contributed by atoms with Crippen LogP contribution in [0.15, 0.2) is 58.3 Å². The summed E-state index contributed by atoms with van der Waals surface area (Å²) in [5.41, 5.74) is 8.42. The van der Waals surface area contributed by atoms with Crippen LogP contribution in [0.5, 0.6) is 11.5 Å². The van der Waals surface area contributed by atoms with Gasteiger partial charge in [-0.2, -0.15) is 0 Å². The summed E-state index contributed by atoms with van der Waals surface area (Å²) in [4.78, 5) is 53.2. The summed E-state index contributed by atoms with van der Waals surface area (Å²) >= 11 is 0. The number of halogens is 1. The van der Waals surface area contributed by atoms with Gasteiger partial charge in [0, 0.05) is 63.0 Å². The summed E-state index contributed by atoms with van der Waals surface area (Å²) in [6.07, 6.45) is 5.38. The summed E-state index contributed by atoms with van der Waals surface area (Å²) in [7, 11) is 6.71. The number of ether oxygens (including phenoxy) is 2. The van der Waals surface area contributed by atoms with Crippen molar-refractivity contribution < 1.29 is 23.5 Å². The molecule has 0 radical (unpaired) electrons. The molecule has 0 spiro atoms. The van der Waals surface area contributed by atoms with Crippen LogP contribution in [0.3, 0.4) is 0 Å². The lowest BCUT2D eigenvalue weighted by Gasteiger charge is -2.30. The Morgan fingerprint density at radius 3 is 2.33 bits per heavy atom. The number of para-hydroxylation sites is 1. The van der Waals surface area contributed by atoms with Crippen molar-refractivity contribution >= 4 is 22.8 Å². The van der Waals surface area contributed by atoms with Gasteiger partial charge < -0.3 is 14.0 Å². The van der Waals surface area contributed by atoms with Crippen LogP contribution in [0, 0.1) is 5.82 Å². The van der Waals surface area contributed by atoms with Gasteiger partial charge in [-0.25, -0.2) is 9.18 Å². The lowest BCUT2D eigenvalue weighted by atomic mass is 9.93. The number of carbonyl (C=O) groups excluding carboxylic acids is 2. The molecule has 3 aliphatic rings. The Labute approximate surface area is 299 Å². The van der Waals surface area contributed by atoms with Crippen molar-refractivity contribution in [3.05, 3.63) is 103 Å². The van der Waals surface area contributed by atoms with E-state index in [0.717, 1.165) is 52.6 Å². The molecular weight excluding hydrogens is 665 g/mol. The van der Waals surface area contributed by atoms with Gasteiger partial charge in [-0.15, -0.1) is 0 Å². The number of fused-ring (bicyclic) bond motifs is 3. The van der Waals surface area contributed by atoms with Crippen molar-refractivity contribution in [3.8, 4) is 33.8 Å². The number of methoxy groups -OCH3 is 2. The summed E-state index contributed by atoms with van der Waals surface area (Å²) in [6.45, 7) is 1.61. The van der Waals surface area contributed by atoms with Crippen molar-refractivity contribution in [2.45, 2.75) is 57.7 Å². The summed E-state index contributed by atoms with van der Waals surface area (Å²) in [5.74, 6) is 0.187. The normalized spacial score (nSPS) is 17.3. The molecule has 0 saturated carbocycles. The first-order valence-electron chi connectivity index (χ1n) is 17.6. The van der Waals surface area contributed by atoms with Crippen LogP contribution in [-0.2, 0) is 56.0 Å². The molecule has 1 unspecified atom stereocenters. The highest BCUT2D eigenvalue weighted by molar-refractivity contribution is 6.01. The Kier molecular flexibility index (Phi) is 8.36. The van der Waals surface area contributed by atoms with E-state index >= 15 is 4.39 Å². The number of carbonyl (C=O) groups is 2. The highest BCUT2D eigenvalue weighted by Gasteiger charge is 2.32. The maximum Gasteiger partial charge on any atom is 0.329 e. The van der Waals surface area contributed by atoms with Gasteiger partial charge in [0.2, 0.25) is 11.8 Å². The fourth-order valence-electron chi connectivity index (χ4n) is 8.48. The minimum absolute atomic E-state index is 0.0585. The van der Waals surface area contributed by atoms with E-state index in [0.29, 0.717) is 65.3 Å². The summed E-state index contributed by atoms with van der Waals surface area (Å²) < 4.78 is 32.4. The number of nitrogens with one attached hydrogen (secondary N) is 1. The molecule has 3 aromatic carbocycles. The van der Waals surface area contributed by atoms with Crippen molar-refractivity contribution in [1.82, 2.24) is 23.9 Å². The summed E-state index contributed by atoms with van der Waals surface area (Å²) in [6, 6.07) is 12.2. The van der Waals surface area contributed by atoms with Gasteiger partial charge in [-0.1, -0.05) is 12.1 Å². The largest absolute Gasteiger partial charge is 0.496 e. The maximum atomic E-state index is 15.9. The molecule has 1 fully saturated rings. The van der Waals surface area contributed by atoms with Crippen LogP contribution in [0.2, 0.25) is 0 Å². The zero-order valence-corrected chi connectivity index (χ0v) is 29.7. The molecule has 2 aliphatic heterocycles. The highest BCUT2D eigenvalue weighted by atomic mass is 19.1. The molecular formula is C40H40FN5O6. The quantitative estimate of drug-likeness (QED) is 0.247. The molecule has 1 atom stereocenters. The first-order chi connectivity index (χ1) is 25.1. The topological polar surface area (TPSA) is 117 Å². The fraction of sp³-hybridized carbons (Fsp3) is 0.350. The molecule has 1 saturated heterocycles. The van der Waals surface area contributed by atoms with Gasteiger partial charge in [0.05, 0.1) is 30.8 Å². The maximum absolute atomic E-state index is 15.9. The average Bonchev–Trinajstić information content (AvgIpc) is 3.73. The molecule has 2 amide bonds. The number of piperidine rings is 1. The molecule has 11 nitrogen and oxygen atoms in total. The van der Waals surface area contributed by atoms with E-state index < -0.39 is 11.9 Å². The minimum Gasteiger partial charge on any atom is -0.496 e. The van der Waals surface area contributed by atoms with Crippen LogP contribution >= 0.6 is 0 Å². The van der Waals surface area contributed by atoms with Gasteiger partial charge in [-0.3, -0.25) is 33.7 Å². The molecule has 268 valence electrons. The number of hydrogen-bond donors (Lipinski definition) is 1. The number of pyridine rings is 1. The van der Waals surface area contributed by atoms with Crippen molar-refractivity contribution in [3.63, 3.8) is 0 Å². The van der Waals surface area contributed by atoms with E-state index in [1.165, 1.54) is 15.2 Å². The third kappa shape index (κ3) is 5.44. The number of hydrogen-bond acceptors (Lipinski definition) is 7. The standard InChI is InChI=1S/C40H40FN5O6/c1-43-20-29(27-8-5-9-28(27)39(43)49)23-17-34(51-3)30(35(18-23)52-4)21-45-14-13-25-24(19-45)15-22(16-31(25)41)26-7-6-10-32-37(26)44(2)40(50)46(32)33-11-12-36(47)42-38(33)48/h6-7,10,15-18,20,33H,5,8-9,11-14,19,21H2,1-4H3,(H,42,47,48). The average molecular weight is 706 g/mol. The van der Waals surface area contributed by atoms with E-state index in [1.54, 1.807) is 45.0 Å². The first-order valence-corrected chi connectivity index (χ1v) is 17.6. The fourth-order valence-corrected chi connectivity index (χ4v) is 8.48. The van der Waals surface area contributed by atoms with Gasteiger partial charge in [0.15, 0.2) is 0 Å². The monoisotopic (exact) mass is 705 g/mol. The molecule has 1 aliphatic carbocycles. The van der Waals surface area contributed by atoms with Crippen molar-refractivity contribution in [2.24, 2.45) is 14.1 Å². The van der Waals surface area contributed by atoms with Crippen molar-refractivity contribution in [2.75, 3.05) is 20.8 Å². The zero-order chi connectivity index (χ0) is 36.4. The molecule has 52 heavy (non-hydrogen) atoms. The minimum atomic E-state index is -0.816. The zero-order valence-electron chi connectivity index (χ0n) is 29.7. The second-order valence-electron chi connectivity index (χ2n) is 14.0. The number of imide groups is 1. The second-order valence-corrected chi connectivity index (χ2v) is 14.0. The number of benzene rings is 3. The first kappa shape index (κ1) is 33.6. The van der Waals surface area contributed by atoms with Gasteiger partial charge in [0.1, 0.15) is 23.4 Å². The van der Waals surface area contributed by atoms with E-state index in [-0.39, 0.29) is 35.8 Å². The van der Waals surface area contributed by atoms with Gasteiger partial charge >= 0.3 is 5.69 Å². The van der Waals surface area contributed by atoms with E-state index in [9.17, 15) is 19.2 Å². The number of rotatable bonds is 7. The SMILES string of the molecule is COc1cc(-c2cn(C)c(=O)c3c2CCC3)cc(OC)c1CN1CCc2c(F)cc(-c3cccc4c3n(C)c(=O)n4C3CCC(=O)NC3=O)cc2C1. The van der Waals surface area contributed by atoms with Crippen LogP contribution in [0.25, 0.3) is 33.3 Å². The van der Waals surface area contributed by atoms with Crippen LogP contribution < -0.4 is 26.0 Å². The van der Waals surface area contributed by atoms with Crippen LogP contribution in [0.1, 0.15) is 53.1 Å². The molecule has 5 aromatic rings. The van der Waals surface area contributed by atoms with Gasteiger partial charge in [0.25, 0.3) is 5.56 Å². The summed E-state index contributed by atoms with van der Waals surface area (Å²) in [5, 5.41) is 2.35. The number of aryl methyl sites for hydroxylation is 2. The molecule has 0 bridgehead atoms. The third-order valence-corrected chi connectivity index (χ3v) is 11.0. The van der Waals surface area contributed by atoms with E-state index in [4.69, 9.17) is 9.47 Å². The van der Waals surface area contributed by atoms with Crippen LogP contribution in [-0.4, -0.2) is 51.2 Å². The Balaban J connectivity index is 1.13. The predicted octanol–water partition coefficient (Wildman–Crippen LogP) is 4.55. The Morgan fingerprint density at radius 1 is 0.865 bits per heavy atom. The Hall–Kier alpha value is -5.49. The predicted molar refractivity (Wildman–Crippen MR) is 194 cm³/mol. The van der Waals surface area contributed by atoms with Crippen LogP contribution in [0.4, 0.5) is 4.39 Å². The third-order valence-electron chi connectivity index (χ3n) is 11.0. The molecule has 12 heteroatoms. The van der Waals surface area contributed by atoms with E-state index in [2.05, 4.69) is 10.2 Å². The second kappa shape index (κ2) is 12.9. The Bertz CT molecular complexity index is 2420. The Morgan fingerprint density at radius 2 is 1.60 bits per heavy atom. The number of aromatic nitrogens is 3. The number of amides is 2. The number of imidazole rings is 1. The molecule has 8 rings (SSSR count).